The molecule has 1 N–H and O–H groups in total. The Morgan fingerprint density at radius 3 is 2.42 bits per heavy atom. The molecule has 3 rings (SSSR count). The van der Waals surface area contributed by atoms with Crippen molar-refractivity contribution in [3.8, 4) is 0 Å². The van der Waals surface area contributed by atoms with Crippen LogP contribution in [0, 0.1) is 6.92 Å². The Hall–Kier alpha value is -2.07. The molecule has 0 aliphatic rings. The lowest BCUT2D eigenvalue weighted by atomic mass is 10.2. The normalized spacial score (nSPS) is 11.8. The molecule has 0 aliphatic carbocycles. The summed E-state index contributed by atoms with van der Waals surface area (Å²) < 4.78 is 24.9. The number of benzene rings is 2. The molecular formula is C15H13NO2S. The third-order valence-electron chi connectivity index (χ3n) is 3.10. The van der Waals surface area contributed by atoms with Crippen molar-refractivity contribution in [3.05, 3.63) is 60.2 Å². The predicted octanol–water partition coefficient (Wildman–Crippen LogP) is 3.31. The molecule has 0 fully saturated rings. The summed E-state index contributed by atoms with van der Waals surface area (Å²) in [6.07, 6.45) is 0. The van der Waals surface area contributed by atoms with Gasteiger partial charge in [-0.25, -0.2) is 8.42 Å². The Labute approximate surface area is 111 Å². The fraction of sp³-hybridized carbons (Fsp3) is 0.0667. The van der Waals surface area contributed by atoms with Gasteiger partial charge in [0, 0.05) is 10.9 Å². The molecule has 0 spiro atoms. The lowest BCUT2D eigenvalue weighted by Gasteiger charge is -2.00. The first-order chi connectivity index (χ1) is 9.07. The summed E-state index contributed by atoms with van der Waals surface area (Å²) in [5.41, 5.74) is 1.94. The van der Waals surface area contributed by atoms with Crippen LogP contribution < -0.4 is 0 Å². The lowest BCUT2D eigenvalue weighted by molar-refractivity contribution is 0.593. The summed E-state index contributed by atoms with van der Waals surface area (Å²) in [4.78, 5) is 3.29. The van der Waals surface area contributed by atoms with Gasteiger partial charge in [0.2, 0.25) is 9.84 Å². The monoisotopic (exact) mass is 271 g/mol. The molecular weight excluding hydrogens is 258 g/mol. The van der Waals surface area contributed by atoms with Crippen LogP contribution in [0.2, 0.25) is 0 Å². The van der Waals surface area contributed by atoms with E-state index >= 15 is 0 Å². The molecule has 0 saturated carbocycles. The summed E-state index contributed by atoms with van der Waals surface area (Å²) >= 11 is 0. The molecule has 0 radical (unpaired) electrons. The number of sulfone groups is 1. The number of H-pyrrole nitrogens is 1. The molecule has 3 nitrogen and oxygen atoms in total. The standard InChI is InChI=1S/C15H13NO2S/c1-11-7-8-12-10-15(16-14(12)9-11)19(17,18)13-5-3-2-4-6-13/h2-10,16H,1H3. The highest BCUT2D eigenvalue weighted by molar-refractivity contribution is 7.91. The first-order valence-electron chi connectivity index (χ1n) is 5.97. The average Bonchev–Trinajstić information content (AvgIpc) is 2.83. The van der Waals surface area contributed by atoms with Crippen LogP contribution in [0.4, 0.5) is 0 Å². The molecule has 1 aromatic heterocycles. The smallest absolute Gasteiger partial charge is 0.221 e. The number of nitrogens with one attached hydrogen (secondary N) is 1. The molecule has 0 bridgehead atoms. The van der Waals surface area contributed by atoms with Crippen LogP contribution in [0.1, 0.15) is 5.56 Å². The summed E-state index contributed by atoms with van der Waals surface area (Å²) in [5, 5.41) is 1.14. The second-order valence-corrected chi connectivity index (χ2v) is 6.46. The van der Waals surface area contributed by atoms with Crippen molar-refractivity contribution in [2.24, 2.45) is 0 Å². The molecule has 0 unspecified atom stereocenters. The molecule has 19 heavy (non-hydrogen) atoms. The predicted molar refractivity (Wildman–Crippen MR) is 74.9 cm³/mol. The van der Waals surface area contributed by atoms with Gasteiger partial charge >= 0.3 is 0 Å². The van der Waals surface area contributed by atoms with Gasteiger partial charge in [0.15, 0.2) is 0 Å². The first-order valence-corrected chi connectivity index (χ1v) is 7.45. The number of rotatable bonds is 2. The number of aryl methyl sites for hydroxylation is 1. The van der Waals surface area contributed by atoms with Gasteiger partial charge < -0.3 is 4.98 Å². The van der Waals surface area contributed by atoms with E-state index in [-0.39, 0.29) is 5.03 Å². The van der Waals surface area contributed by atoms with Crippen molar-refractivity contribution >= 4 is 20.7 Å². The number of fused-ring (bicyclic) bond motifs is 1. The second kappa shape index (κ2) is 4.24. The summed E-state index contributed by atoms with van der Waals surface area (Å²) in [6.45, 7) is 1.98. The Bertz CT molecular complexity index is 833. The molecule has 2 aromatic carbocycles. The zero-order chi connectivity index (χ0) is 13.5. The summed E-state index contributed by atoms with van der Waals surface area (Å²) in [5.74, 6) is 0. The van der Waals surface area contributed by atoms with E-state index in [2.05, 4.69) is 4.98 Å². The van der Waals surface area contributed by atoms with Gasteiger partial charge in [0.25, 0.3) is 0 Å². The van der Waals surface area contributed by atoms with Crippen molar-refractivity contribution in [2.75, 3.05) is 0 Å². The Kier molecular flexibility index (Phi) is 2.68. The van der Waals surface area contributed by atoms with Crippen LogP contribution in [-0.2, 0) is 9.84 Å². The van der Waals surface area contributed by atoms with Gasteiger partial charge in [-0.05, 0) is 36.8 Å². The minimum atomic E-state index is -3.47. The molecule has 96 valence electrons. The van der Waals surface area contributed by atoms with E-state index in [1.54, 1.807) is 36.4 Å². The maximum absolute atomic E-state index is 12.5. The van der Waals surface area contributed by atoms with Crippen LogP contribution in [0.5, 0.6) is 0 Å². The number of hydrogen-bond donors (Lipinski definition) is 1. The Morgan fingerprint density at radius 2 is 1.68 bits per heavy atom. The molecule has 0 amide bonds. The highest BCUT2D eigenvalue weighted by Gasteiger charge is 2.19. The molecule has 3 aromatic rings. The lowest BCUT2D eigenvalue weighted by Crippen LogP contribution is -2.01. The summed E-state index contributed by atoms with van der Waals surface area (Å²) in [7, 11) is -3.47. The van der Waals surface area contributed by atoms with Gasteiger partial charge in [0.1, 0.15) is 5.03 Å². The quantitative estimate of drug-likeness (QED) is 0.777. The average molecular weight is 271 g/mol. The van der Waals surface area contributed by atoms with Crippen LogP contribution in [0.25, 0.3) is 10.9 Å². The number of aromatic nitrogens is 1. The first kappa shape index (κ1) is 12.0. The van der Waals surface area contributed by atoms with Crippen molar-refractivity contribution in [3.63, 3.8) is 0 Å². The maximum atomic E-state index is 12.5. The third-order valence-corrected chi connectivity index (χ3v) is 4.79. The minimum Gasteiger partial charge on any atom is -0.345 e. The molecule has 0 aliphatic heterocycles. The van der Waals surface area contributed by atoms with Gasteiger partial charge in [-0.15, -0.1) is 0 Å². The molecule has 0 saturated heterocycles. The van der Waals surface area contributed by atoms with Gasteiger partial charge in [0.05, 0.1) is 4.90 Å². The van der Waals surface area contributed by atoms with E-state index in [0.717, 1.165) is 16.5 Å². The van der Waals surface area contributed by atoms with Crippen LogP contribution in [0.15, 0.2) is 64.5 Å². The highest BCUT2D eigenvalue weighted by atomic mass is 32.2. The van der Waals surface area contributed by atoms with Gasteiger partial charge in [-0.1, -0.05) is 30.3 Å². The van der Waals surface area contributed by atoms with Crippen molar-refractivity contribution in [1.29, 1.82) is 0 Å². The third kappa shape index (κ3) is 2.04. The zero-order valence-corrected chi connectivity index (χ0v) is 11.2. The summed E-state index contributed by atoms with van der Waals surface area (Å²) in [6, 6.07) is 16.0. The van der Waals surface area contributed by atoms with E-state index in [4.69, 9.17) is 0 Å². The topological polar surface area (TPSA) is 49.9 Å². The van der Waals surface area contributed by atoms with E-state index in [0.29, 0.717) is 4.90 Å². The molecule has 0 atom stereocenters. The minimum absolute atomic E-state index is 0.235. The zero-order valence-electron chi connectivity index (χ0n) is 10.4. The van der Waals surface area contributed by atoms with Crippen LogP contribution >= 0.6 is 0 Å². The van der Waals surface area contributed by atoms with Gasteiger partial charge in [-0.2, -0.15) is 0 Å². The Morgan fingerprint density at radius 1 is 0.947 bits per heavy atom. The fourth-order valence-electron chi connectivity index (χ4n) is 2.09. The fourth-order valence-corrected chi connectivity index (χ4v) is 3.38. The van der Waals surface area contributed by atoms with E-state index in [1.165, 1.54) is 0 Å². The van der Waals surface area contributed by atoms with Crippen molar-refractivity contribution in [2.45, 2.75) is 16.8 Å². The van der Waals surface area contributed by atoms with Gasteiger partial charge in [-0.3, -0.25) is 0 Å². The van der Waals surface area contributed by atoms with E-state index in [9.17, 15) is 8.42 Å². The highest BCUT2D eigenvalue weighted by Crippen LogP contribution is 2.24. The van der Waals surface area contributed by atoms with Crippen LogP contribution in [0.3, 0.4) is 0 Å². The SMILES string of the molecule is Cc1ccc2cc(S(=O)(=O)c3ccccc3)[nH]c2c1. The van der Waals surface area contributed by atoms with E-state index in [1.807, 2.05) is 25.1 Å². The Balaban J connectivity index is 2.19. The molecule has 4 heteroatoms. The second-order valence-electron chi connectivity index (χ2n) is 4.54. The molecule has 1 heterocycles. The largest absolute Gasteiger partial charge is 0.345 e. The number of hydrogen-bond acceptors (Lipinski definition) is 2. The van der Waals surface area contributed by atoms with Crippen molar-refractivity contribution < 1.29 is 8.42 Å². The maximum Gasteiger partial charge on any atom is 0.221 e. The van der Waals surface area contributed by atoms with Crippen LogP contribution in [-0.4, -0.2) is 13.4 Å². The van der Waals surface area contributed by atoms with Crippen molar-refractivity contribution in [1.82, 2.24) is 4.98 Å². The van der Waals surface area contributed by atoms with E-state index < -0.39 is 9.84 Å². The number of aromatic amines is 1.